The molecule has 0 bridgehead atoms. The van der Waals surface area contributed by atoms with E-state index >= 15 is 0 Å². The number of benzene rings is 3. The maximum atomic E-state index is 12.4. The predicted molar refractivity (Wildman–Crippen MR) is 120 cm³/mol. The van der Waals surface area contributed by atoms with Gasteiger partial charge < -0.3 is 10.1 Å². The van der Waals surface area contributed by atoms with E-state index in [1.165, 1.54) is 10.3 Å². The third kappa shape index (κ3) is 4.42. The van der Waals surface area contributed by atoms with E-state index in [-0.39, 0.29) is 5.91 Å². The minimum atomic E-state index is -0.679. The average molecular weight is 423 g/mol. The molecular formula is C23H19ClN2O2S. The monoisotopic (exact) mass is 422 g/mol. The van der Waals surface area contributed by atoms with Crippen LogP contribution in [0.2, 0.25) is 5.02 Å². The molecule has 0 spiro atoms. The highest BCUT2D eigenvalue weighted by molar-refractivity contribution is 7.21. The number of ether oxygens (including phenoxy) is 1. The summed E-state index contributed by atoms with van der Waals surface area (Å²) in [5, 5.41) is 4.30. The molecule has 1 aromatic heterocycles. The van der Waals surface area contributed by atoms with Crippen LogP contribution in [0.1, 0.15) is 12.5 Å². The highest BCUT2D eigenvalue weighted by atomic mass is 35.5. The van der Waals surface area contributed by atoms with Crippen LogP contribution in [0.25, 0.3) is 20.8 Å². The summed E-state index contributed by atoms with van der Waals surface area (Å²) in [6.07, 6.45) is -0.679. The van der Waals surface area contributed by atoms with Crippen LogP contribution in [0.3, 0.4) is 0 Å². The van der Waals surface area contributed by atoms with Crippen molar-refractivity contribution >= 4 is 44.7 Å². The van der Waals surface area contributed by atoms with Gasteiger partial charge in [0.1, 0.15) is 10.8 Å². The van der Waals surface area contributed by atoms with Crippen LogP contribution in [0, 0.1) is 6.92 Å². The fourth-order valence-electron chi connectivity index (χ4n) is 2.88. The first-order valence-corrected chi connectivity index (χ1v) is 10.4. The number of carbonyl (C=O) groups is 1. The summed E-state index contributed by atoms with van der Waals surface area (Å²) in [6, 6.07) is 21.0. The molecule has 29 heavy (non-hydrogen) atoms. The predicted octanol–water partition coefficient (Wildman–Crippen LogP) is 6.33. The SMILES string of the molecule is Cc1ccc2nc(-c3ccc(NC(=O)C(C)Oc4ccccc4Cl)cc3)sc2c1. The van der Waals surface area contributed by atoms with Crippen molar-refractivity contribution in [3.63, 3.8) is 0 Å². The zero-order valence-electron chi connectivity index (χ0n) is 16.0. The van der Waals surface area contributed by atoms with Crippen molar-refractivity contribution < 1.29 is 9.53 Å². The lowest BCUT2D eigenvalue weighted by Crippen LogP contribution is -2.30. The van der Waals surface area contributed by atoms with Crippen molar-refractivity contribution in [2.24, 2.45) is 0 Å². The van der Waals surface area contributed by atoms with Crippen LogP contribution in [0.15, 0.2) is 66.7 Å². The first kappa shape index (κ1) is 19.4. The Hall–Kier alpha value is -2.89. The Bertz CT molecular complexity index is 1170. The van der Waals surface area contributed by atoms with Crippen molar-refractivity contribution in [2.75, 3.05) is 5.32 Å². The quantitative estimate of drug-likeness (QED) is 0.408. The molecule has 1 heterocycles. The Morgan fingerprint density at radius 3 is 2.62 bits per heavy atom. The average Bonchev–Trinajstić information content (AvgIpc) is 3.13. The molecule has 0 radical (unpaired) electrons. The number of fused-ring (bicyclic) bond motifs is 1. The van der Waals surface area contributed by atoms with Crippen molar-refractivity contribution in [2.45, 2.75) is 20.0 Å². The molecule has 1 unspecified atom stereocenters. The number of aromatic nitrogens is 1. The number of nitrogens with zero attached hydrogens (tertiary/aromatic N) is 1. The third-order valence-electron chi connectivity index (χ3n) is 4.45. The summed E-state index contributed by atoms with van der Waals surface area (Å²) >= 11 is 7.75. The van der Waals surface area contributed by atoms with E-state index in [1.54, 1.807) is 30.4 Å². The Morgan fingerprint density at radius 1 is 1.10 bits per heavy atom. The molecule has 0 saturated carbocycles. The number of nitrogens with one attached hydrogen (secondary N) is 1. The normalized spacial score (nSPS) is 12.0. The van der Waals surface area contributed by atoms with E-state index in [1.807, 2.05) is 42.5 Å². The number of hydrogen-bond donors (Lipinski definition) is 1. The standard InChI is InChI=1S/C23H19ClN2O2S/c1-14-7-12-19-21(13-14)29-23(26-19)16-8-10-17(11-9-16)25-22(27)15(2)28-20-6-4-3-5-18(20)24/h3-13,15H,1-2H3,(H,25,27). The summed E-state index contributed by atoms with van der Waals surface area (Å²) in [4.78, 5) is 17.1. The van der Waals surface area contributed by atoms with Crippen LogP contribution in [0.4, 0.5) is 5.69 Å². The zero-order chi connectivity index (χ0) is 20.4. The Kier molecular flexibility index (Phi) is 5.51. The van der Waals surface area contributed by atoms with Gasteiger partial charge >= 0.3 is 0 Å². The maximum absolute atomic E-state index is 12.4. The molecule has 0 saturated heterocycles. The van der Waals surface area contributed by atoms with Gasteiger partial charge in [-0.3, -0.25) is 4.79 Å². The topological polar surface area (TPSA) is 51.2 Å². The molecule has 1 atom stereocenters. The molecule has 146 valence electrons. The second kappa shape index (κ2) is 8.23. The van der Waals surface area contributed by atoms with Gasteiger partial charge in [-0.25, -0.2) is 4.98 Å². The van der Waals surface area contributed by atoms with E-state index in [0.717, 1.165) is 16.1 Å². The van der Waals surface area contributed by atoms with Gasteiger partial charge in [-0.2, -0.15) is 0 Å². The lowest BCUT2D eigenvalue weighted by atomic mass is 10.2. The molecule has 3 aromatic carbocycles. The van der Waals surface area contributed by atoms with Gasteiger partial charge in [0.25, 0.3) is 5.91 Å². The first-order valence-electron chi connectivity index (χ1n) is 9.19. The molecule has 4 aromatic rings. The van der Waals surface area contributed by atoms with Crippen LogP contribution < -0.4 is 10.1 Å². The molecule has 4 rings (SSSR count). The van der Waals surface area contributed by atoms with Gasteiger partial charge in [0, 0.05) is 11.3 Å². The summed E-state index contributed by atoms with van der Waals surface area (Å²) in [7, 11) is 0. The second-order valence-corrected chi connectivity index (χ2v) is 8.19. The zero-order valence-corrected chi connectivity index (χ0v) is 17.6. The van der Waals surface area contributed by atoms with Crippen LogP contribution >= 0.6 is 22.9 Å². The third-order valence-corrected chi connectivity index (χ3v) is 5.83. The first-order chi connectivity index (χ1) is 14.0. The van der Waals surface area contributed by atoms with E-state index in [2.05, 4.69) is 24.4 Å². The summed E-state index contributed by atoms with van der Waals surface area (Å²) in [5.41, 5.74) is 3.94. The van der Waals surface area contributed by atoms with Crippen LogP contribution in [-0.2, 0) is 4.79 Å². The van der Waals surface area contributed by atoms with E-state index < -0.39 is 6.10 Å². The minimum Gasteiger partial charge on any atom is -0.479 e. The number of halogens is 1. The molecule has 0 aliphatic rings. The molecule has 1 amide bonds. The fraction of sp³-hybridized carbons (Fsp3) is 0.130. The van der Waals surface area contributed by atoms with Gasteiger partial charge in [-0.15, -0.1) is 11.3 Å². The van der Waals surface area contributed by atoms with E-state index in [9.17, 15) is 4.79 Å². The van der Waals surface area contributed by atoms with E-state index in [0.29, 0.717) is 16.5 Å². The van der Waals surface area contributed by atoms with E-state index in [4.69, 9.17) is 21.3 Å². The molecule has 0 aliphatic carbocycles. The van der Waals surface area contributed by atoms with Gasteiger partial charge in [-0.05, 0) is 67.9 Å². The maximum Gasteiger partial charge on any atom is 0.265 e. The number of rotatable bonds is 5. The smallest absolute Gasteiger partial charge is 0.265 e. The molecule has 0 fully saturated rings. The number of amides is 1. The number of anilines is 1. The van der Waals surface area contributed by atoms with Gasteiger partial charge in [0.15, 0.2) is 6.10 Å². The number of hydrogen-bond acceptors (Lipinski definition) is 4. The lowest BCUT2D eigenvalue weighted by Gasteiger charge is -2.15. The van der Waals surface area contributed by atoms with Crippen LogP contribution in [-0.4, -0.2) is 17.0 Å². The molecule has 0 aliphatic heterocycles. The molecule has 6 heteroatoms. The number of carbonyl (C=O) groups excluding carboxylic acids is 1. The van der Waals surface area contributed by atoms with Crippen molar-refractivity contribution in [1.82, 2.24) is 4.98 Å². The van der Waals surface area contributed by atoms with Crippen molar-refractivity contribution in [1.29, 1.82) is 0 Å². The molecular weight excluding hydrogens is 404 g/mol. The summed E-state index contributed by atoms with van der Waals surface area (Å²) < 4.78 is 6.83. The number of thiazole rings is 1. The Morgan fingerprint density at radius 2 is 1.86 bits per heavy atom. The van der Waals surface area contributed by atoms with Gasteiger partial charge in [0.05, 0.1) is 15.2 Å². The van der Waals surface area contributed by atoms with Crippen molar-refractivity contribution in [3.05, 3.63) is 77.3 Å². The van der Waals surface area contributed by atoms with Gasteiger partial charge in [0.2, 0.25) is 0 Å². The minimum absolute atomic E-state index is 0.242. The highest BCUT2D eigenvalue weighted by Gasteiger charge is 2.16. The largest absolute Gasteiger partial charge is 0.479 e. The number of aryl methyl sites for hydroxylation is 1. The Balaban J connectivity index is 1.44. The second-order valence-electron chi connectivity index (χ2n) is 6.75. The van der Waals surface area contributed by atoms with Gasteiger partial charge in [-0.1, -0.05) is 29.8 Å². The summed E-state index contributed by atoms with van der Waals surface area (Å²) in [5.74, 6) is 0.242. The van der Waals surface area contributed by atoms with Crippen LogP contribution in [0.5, 0.6) is 5.75 Å². The Labute approximate surface area is 178 Å². The fourth-order valence-corrected chi connectivity index (χ4v) is 4.13. The number of para-hydroxylation sites is 1. The molecule has 1 N–H and O–H groups in total. The lowest BCUT2D eigenvalue weighted by molar-refractivity contribution is -0.122. The summed E-state index contributed by atoms with van der Waals surface area (Å²) in [6.45, 7) is 3.77. The molecule has 4 nitrogen and oxygen atoms in total. The van der Waals surface area contributed by atoms with Crippen molar-refractivity contribution in [3.8, 4) is 16.3 Å². The highest BCUT2D eigenvalue weighted by Crippen LogP contribution is 2.31.